The summed E-state index contributed by atoms with van der Waals surface area (Å²) in [5, 5.41) is 4.61. The number of benzene rings is 4. The summed E-state index contributed by atoms with van der Waals surface area (Å²) in [6.45, 7) is 8.73. The van der Waals surface area contributed by atoms with E-state index in [0.29, 0.717) is 0 Å². The third-order valence-electron chi connectivity index (χ3n) is 8.69. The Balaban J connectivity index is 1.41. The third kappa shape index (κ3) is 3.22. The molecule has 0 saturated carbocycles. The molecule has 198 valence electrons. The van der Waals surface area contributed by atoms with Gasteiger partial charge in [-0.2, -0.15) is 0 Å². The van der Waals surface area contributed by atoms with Gasteiger partial charge in [-0.15, -0.1) is 0 Å². The summed E-state index contributed by atoms with van der Waals surface area (Å²) in [6.07, 6.45) is 6.28. The van der Waals surface area contributed by atoms with Crippen LogP contribution in [0.5, 0.6) is 0 Å². The van der Waals surface area contributed by atoms with Crippen molar-refractivity contribution in [3.05, 3.63) is 120 Å². The molecule has 7 aromatic rings. The topological polar surface area (TPSA) is 43.9 Å². The van der Waals surface area contributed by atoms with Gasteiger partial charge in [-0.05, 0) is 60.9 Å². The van der Waals surface area contributed by atoms with Gasteiger partial charge in [0.05, 0.1) is 27.8 Å². The van der Waals surface area contributed by atoms with Crippen LogP contribution in [0.2, 0.25) is 0 Å². The van der Waals surface area contributed by atoms with Gasteiger partial charge in [-0.3, -0.25) is 4.57 Å². The van der Waals surface area contributed by atoms with E-state index >= 15 is 0 Å². The fraction of sp³-hybridized carbons (Fsp3) is 0.135. The predicted octanol–water partition coefficient (Wildman–Crippen LogP) is 9.76. The normalized spacial score (nSPS) is 14.6. The molecule has 0 spiro atoms. The molecular formula is C37H29N3O. The average molecular weight is 532 g/mol. The molecule has 41 heavy (non-hydrogen) atoms. The second-order valence-corrected chi connectivity index (χ2v) is 11.3. The first-order chi connectivity index (χ1) is 20.0. The van der Waals surface area contributed by atoms with Crippen molar-refractivity contribution in [2.75, 3.05) is 0 Å². The number of aromatic nitrogens is 3. The van der Waals surface area contributed by atoms with Gasteiger partial charge in [-0.25, -0.2) is 9.97 Å². The minimum atomic E-state index is -0.231. The molecular weight excluding hydrogens is 502 g/mol. The summed E-state index contributed by atoms with van der Waals surface area (Å²) in [5.74, 6) is 0.728. The molecule has 0 saturated heterocycles. The molecule has 0 aliphatic carbocycles. The van der Waals surface area contributed by atoms with Gasteiger partial charge in [0.25, 0.3) is 0 Å². The number of para-hydroxylation sites is 3. The lowest BCUT2D eigenvalue weighted by atomic mass is 9.74. The second-order valence-electron chi connectivity index (χ2n) is 11.3. The molecule has 0 unspecified atom stereocenters. The first-order valence-electron chi connectivity index (χ1n) is 14.2. The van der Waals surface area contributed by atoms with Gasteiger partial charge in [0.15, 0.2) is 5.82 Å². The molecule has 0 N–H and O–H groups in total. The van der Waals surface area contributed by atoms with Crippen LogP contribution in [0.15, 0.2) is 108 Å². The Morgan fingerprint density at radius 1 is 0.805 bits per heavy atom. The van der Waals surface area contributed by atoms with E-state index in [4.69, 9.17) is 14.4 Å². The Labute approximate surface area is 238 Å². The molecule has 0 atom stereocenters. The fourth-order valence-electron chi connectivity index (χ4n) is 6.71. The molecule has 0 bridgehead atoms. The molecule has 0 amide bonds. The Morgan fingerprint density at radius 2 is 1.59 bits per heavy atom. The molecule has 4 nitrogen and oxygen atoms in total. The predicted molar refractivity (Wildman–Crippen MR) is 170 cm³/mol. The largest absolute Gasteiger partial charge is 0.439 e. The number of nitrogens with zero attached hydrogens (tertiary/aromatic N) is 3. The van der Waals surface area contributed by atoms with E-state index in [9.17, 15) is 0 Å². The highest BCUT2D eigenvalue weighted by Gasteiger charge is 2.36. The first kappa shape index (κ1) is 23.9. The van der Waals surface area contributed by atoms with Crippen LogP contribution in [0.25, 0.3) is 66.5 Å². The Morgan fingerprint density at radius 3 is 2.41 bits per heavy atom. The molecule has 8 rings (SSSR count). The molecule has 0 radical (unpaired) electrons. The van der Waals surface area contributed by atoms with Gasteiger partial charge in [0.1, 0.15) is 5.58 Å². The van der Waals surface area contributed by atoms with Gasteiger partial charge in [0.2, 0.25) is 5.71 Å². The van der Waals surface area contributed by atoms with E-state index in [0.717, 1.165) is 55.9 Å². The van der Waals surface area contributed by atoms with Crippen molar-refractivity contribution in [1.82, 2.24) is 14.5 Å². The van der Waals surface area contributed by atoms with Crippen LogP contribution >= 0.6 is 0 Å². The van der Waals surface area contributed by atoms with Crippen LogP contribution in [-0.2, 0) is 5.41 Å². The zero-order valence-corrected chi connectivity index (χ0v) is 23.6. The number of fused-ring (bicyclic) bond motifs is 8. The lowest BCUT2D eigenvalue weighted by Gasteiger charge is -2.34. The summed E-state index contributed by atoms with van der Waals surface area (Å²) in [6, 6.07) is 29.9. The summed E-state index contributed by atoms with van der Waals surface area (Å²) in [7, 11) is 0. The molecule has 1 aliphatic rings. The molecule has 0 fully saturated rings. The van der Waals surface area contributed by atoms with Crippen molar-refractivity contribution in [2.45, 2.75) is 33.1 Å². The van der Waals surface area contributed by atoms with Gasteiger partial charge in [0, 0.05) is 27.1 Å². The van der Waals surface area contributed by atoms with Crippen molar-refractivity contribution in [3.8, 4) is 17.1 Å². The molecule has 3 aromatic heterocycles. The molecule has 4 heteroatoms. The lowest BCUT2D eigenvalue weighted by Crippen LogP contribution is -2.26. The summed E-state index contributed by atoms with van der Waals surface area (Å²) < 4.78 is 8.86. The van der Waals surface area contributed by atoms with Crippen molar-refractivity contribution >= 4 is 49.4 Å². The van der Waals surface area contributed by atoms with E-state index in [1.807, 2.05) is 25.1 Å². The second kappa shape index (κ2) is 8.52. The number of furan rings is 1. The van der Waals surface area contributed by atoms with E-state index in [1.165, 1.54) is 27.4 Å². The Kier molecular flexibility index (Phi) is 4.96. The van der Waals surface area contributed by atoms with Crippen molar-refractivity contribution in [2.24, 2.45) is 0 Å². The SMILES string of the molecule is C/C=C\C(=C/C)c1nc(-c2ccc3c(c2)C(C)(C)c2cccc4c5c6ccccc6oc5n-3c24)nc2ccccc12. The van der Waals surface area contributed by atoms with E-state index < -0.39 is 0 Å². The average Bonchev–Trinajstić information content (AvgIpc) is 3.53. The van der Waals surface area contributed by atoms with Gasteiger partial charge in [-0.1, -0.05) is 86.7 Å². The van der Waals surface area contributed by atoms with E-state index in [1.54, 1.807) is 0 Å². The van der Waals surface area contributed by atoms with E-state index in [2.05, 4.69) is 110 Å². The van der Waals surface area contributed by atoms with Crippen LogP contribution < -0.4 is 0 Å². The van der Waals surface area contributed by atoms with Crippen molar-refractivity contribution in [3.63, 3.8) is 0 Å². The minimum absolute atomic E-state index is 0.231. The van der Waals surface area contributed by atoms with Crippen molar-refractivity contribution in [1.29, 1.82) is 0 Å². The summed E-state index contributed by atoms with van der Waals surface area (Å²) in [5.41, 5.74) is 10.4. The van der Waals surface area contributed by atoms with Crippen LogP contribution in [0.3, 0.4) is 0 Å². The van der Waals surface area contributed by atoms with Crippen LogP contribution in [0, 0.1) is 0 Å². The monoisotopic (exact) mass is 531 g/mol. The standard InChI is InChI=1S/C37H29N3O/c1-5-12-22(6-2)33-24-13-7-9-17-29(24)38-35(39-33)23-19-20-30-28(21-23)37(3,4)27-16-11-15-26-32-25-14-8-10-18-31(25)41-36(32)40(30)34(26)27/h5-21H,1-4H3/b12-5-,22-6+. The maximum absolute atomic E-state index is 6.54. The number of rotatable bonds is 3. The highest BCUT2D eigenvalue weighted by Crippen LogP contribution is 2.50. The van der Waals surface area contributed by atoms with Crippen LogP contribution in [-0.4, -0.2) is 14.5 Å². The Hall–Kier alpha value is -4.96. The highest BCUT2D eigenvalue weighted by molar-refractivity contribution is 6.21. The Bertz CT molecular complexity index is 2260. The van der Waals surface area contributed by atoms with Crippen molar-refractivity contribution < 1.29 is 4.42 Å². The first-order valence-corrected chi connectivity index (χ1v) is 14.2. The maximum Gasteiger partial charge on any atom is 0.213 e. The highest BCUT2D eigenvalue weighted by atomic mass is 16.3. The number of allylic oxidation sites excluding steroid dienone is 4. The zero-order valence-electron chi connectivity index (χ0n) is 23.6. The zero-order chi connectivity index (χ0) is 27.9. The van der Waals surface area contributed by atoms with Crippen LogP contribution in [0.1, 0.15) is 44.5 Å². The molecule has 4 heterocycles. The minimum Gasteiger partial charge on any atom is -0.439 e. The fourth-order valence-corrected chi connectivity index (χ4v) is 6.71. The third-order valence-corrected chi connectivity index (χ3v) is 8.69. The molecule has 4 aromatic carbocycles. The molecule has 1 aliphatic heterocycles. The summed E-state index contributed by atoms with van der Waals surface area (Å²) in [4.78, 5) is 10.2. The maximum atomic E-state index is 6.54. The number of hydrogen-bond acceptors (Lipinski definition) is 3. The smallest absolute Gasteiger partial charge is 0.213 e. The summed E-state index contributed by atoms with van der Waals surface area (Å²) >= 11 is 0. The van der Waals surface area contributed by atoms with Crippen LogP contribution in [0.4, 0.5) is 0 Å². The van der Waals surface area contributed by atoms with Gasteiger partial charge < -0.3 is 4.42 Å². The number of hydrogen-bond donors (Lipinski definition) is 0. The lowest BCUT2D eigenvalue weighted by molar-refractivity contribution is 0.612. The quantitative estimate of drug-likeness (QED) is 0.213. The van der Waals surface area contributed by atoms with E-state index in [-0.39, 0.29) is 5.41 Å². The van der Waals surface area contributed by atoms with Gasteiger partial charge >= 0.3 is 0 Å².